The fraction of sp³-hybridized carbons (Fsp3) is 0. The second-order valence-corrected chi connectivity index (χ2v) is 5.32. The maximum atomic E-state index is 7.54. The van der Waals surface area contributed by atoms with E-state index < -0.39 is 0 Å². The average molecular weight is 298 g/mol. The number of amidine groups is 1. The number of nitrogens with one attached hydrogen (secondary N) is 1. The third-order valence-electron chi connectivity index (χ3n) is 2.16. The Balaban J connectivity index is 2.41. The van der Waals surface area contributed by atoms with Gasteiger partial charge in [-0.25, -0.2) is 4.98 Å². The molecule has 2 rings (SSSR count). The van der Waals surface area contributed by atoms with Crippen molar-refractivity contribution in [2.45, 2.75) is 9.92 Å². The minimum Gasteiger partial charge on any atom is -0.384 e. The monoisotopic (exact) mass is 297 g/mol. The van der Waals surface area contributed by atoms with Crippen LogP contribution in [-0.4, -0.2) is 10.8 Å². The minimum atomic E-state index is -0.0351. The van der Waals surface area contributed by atoms with E-state index in [2.05, 4.69) is 4.98 Å². The lowest BCUT2D eigenvalue weighted by Gasteiger charge is -2.08. The normalized spacial score (nSPS) is 10.3. The number of halogens is 2. The van der Waals surface area contributed by atoms with E-state index in [0.717, 1.165) is 4.90 Å². The van der Waals surface area contributed by atoms with E-state index >= 15 is 0 Å². The molecule has 6 heteroatoms. The standard InChI is InChI=1S/C12H9Cl2N3S/c13-7-3-4-10(8(6-7)11(15)16)18-12-9(14)2-1-5-17-12/h1-6H,(H3,15,16). The largest absolute Gasteiger partial charge is 0.384 e. The molecule has 0 radical (unpaired) electrons. The van der Waals surface area contributed by atoms with Crippen molar-refractivity contribution in [2.75, 3.05) is 0 Å². The first-order valence-corrected chi connectivity index (χ1v) is 6.57. The third-order valence-corrected chi connectivity index (χ3v) is 3.91. The number of pyridine rings is 1. The molecule has 0 spiro atoms. The zero-order valence-electron chi connectivity index (χ0n) is 9.15. The predicted octanol–water partition coefficient (Wildman–Crippen LogP) is 3.82. The summed E-state index contributed by atoms with van der Waals surface area (Å²) in [6, 6.07) is 8.73. The van der Waals surface area contributed by atoms with Crippen molar-refractivity contribution in [2.24, 2.45) is 5.73 Å². The van der Waals surface area contributed by atoms with E-state index in [0.29, 0.717) is 20.6 Å². The van der Waals surface area contributed by atoms with Gasteiger partial charge in [0.15, 0.2) is 0 Å². The van der Waals surface area contributed by atoms with Gasteiger partial charge in [0.05, 0.1) is 5.02 Å². The van der Waals surface area contributed by atoms with Crippen molar-refractivity contribution < 1.29 is 0 Å². The first-order chi connectivity index (χ1) is 8.58. The molecule has 1 aromatic carbocycles. The SMILES string of the molecule is N=C(N)c1cc(Cl)ccc1Sc1ncccc1Cl. The molecule has 0 saturated carbocycles. The summed E-state index contributed by atoms with van der Waals surface area (Å²) < 4.78 is 0. The molecule has 1 heterocycles. The molecule has 0 bridgehead atoms. The molecule has 0 aliphatic rings. The maximum absolute atomic E-state index is 7.54. The number of aromatic nitrogens is 1. The molecule has 0 amide bonds. The van der Waals surface area contributed by atoms with E-state index in [4.69, 9.17) is 34.3 Å². The van der Waals surface area contributed by atoms with Crippen LogP contribution in [0.25, 0.3) is 0 Å². The number of rotatable bonds is 3. The summed E-state index contributed by atoms with van der Waals surface area (Å²) >= 11 is 13.3. The number of hydrogen-bond donors (Lipinski definition) is 2. The van der Waals surface area contributed by atoms with Gasteiger partial charge in [-0.05, 0) is 30.3 Å². The fourth-order valence-corrected chi connectivity index (χ4v) is 2.66. The molecular formula is C12H9Cl2N3S. The van der Waals surface area contributed by atoms with Crippen molar-refractivity contribution in [3.63, 3.8) is 0 Å². The van der Waals surface area contributed by atoms with Crippen LogP contribution in [0, 0.1) is 5.41 Å². The van der Waals surface area contributed by atoms with E-state index in [1.165, 1.54) is 11.8 Å². The van der Waals surface area contributed by atoms with Gasteiger partial charge in [-0.15, -0.1) is 0 Å². The highest BCUT2D eigenvalue weighted by atomic mass is 35.5. The third kappa shape index (κ3) is 2.96. The van der Waals surface area contributed by atoms with Gasteiger partial charge in [0.1, 0.15) is 10.9 Å². The second-order valence-electron chi connectivity index (χ2n) is 3.45. The van der Waals surface area contributed by atoms with Crippen LogP contribution in [0.3, 0.4) is 0 Å². The van der Waals surface area contributed by atoms with Crippen LogP contribution in [0.15, 0.2) is 46.5 Å². The molecule has 18 heavy (non-hydrogen) atoms. The zero-order chi connectivity index (χ0) is 13.1. The number of nitrogens with zero attached hydrogens (tertiary/aromatic N) is 1. The molecule has 92 valence electrons. The molecule has 0 saturated heterocycles. The molecule has 3 nitrogen and oxygen atoms in total. The molecule has 3 N–H and O–H groups in total. The highest BCUT2D eigenvalue weighted by Crippen LogP contribution is 2.34. The van der Waals surface area contributed by atoms with E-state index in [1.54, 1.807) is 36.5 Å². The molecule has 0 unspecified atom stereocenters. The summed E-state index contributed by atoms with van der Waals surface area (Å²) in [5.41, 5.74) is 6.11. The van der Waals surface area contributed by atoms with Gasteiger partial charge in [0.2, 0.25) is 0 Å². The van der Waals surface area contributed by atoms with Crippen molar-refractivity contribution >= 4 is 40.8 Å². The van der Waals surface area contributed by atoms with Gasteiger partial charge in [0.25, 0.3) is 0 Å². The van der Waals surface area contributed by atoms with Crippen molar-refractivity contribution in [3.8, 4) is 0 Å². The summed E-state index contributed by atoms with van der Waals surface area (Å²) in [5.74, 6) is -0.0351. The van der Waals surface area contributed by atoms with Crippen LogP contribution >= 0.6 is 35.0 Å². The Labute approximate surface area is 119 Å². The summed E-state index contributed by atoms with van der Waals surface area (Å²) in [5, 5.41) is 9.32. The lowest BCUT2D eigenvalue weighted by Crippen LogP contribution is -2.12. The van der Waals surface area contributed by atoms with Crippen LogP contribution in [0.5, 0.6) is 0 Å². The summed E-state index contributed by atoms with van der Waals surface area (Å²) in [6.07, 6.45) is 1.66. The molecule has 0 aliphatic carbocycles. The van der Waals surface area contributed by atoms with Crippen LogP contribution < -0.4 is 5.73 Å². The Morgan fingerprint density at radius 3 is 2.72 bits per heavy atom. The minimum absolute atomic E-state index is 0.0351. The second kappa shape index (κ2) is 5.61. The first kappa shape index (κ1) is 13.2. The molecule has 0 atom stereocenters. The number of nitrogens with two attached hydrogens (primary N) is 1. The zero-order valence-corrected chi connectivity index (χ0v) is 11.5. The summed E-state index contributed by atoms with van der Waals surface area (Å²) in [7, 11) is 0. The van der Waals surface area contributed by atoms with Crippen molar-refractivity contribution in [3.05, 3.63) is 52.1 Å². The van der Waals surface area contributed by atoms with Gasteiger partial charge in [-0.2, -0.15) is 0 Å². The Morgan fingerprint density at radius 1 is 1.28 bits per heavy atom. The van der Waals surface area contributed by atoms with Crippen molar-refractivity contribution in [1.82, 2.24) is 4.98 Å². The first-order valence-electron chi connectivity index (χ1n) is 5.00. The Kier molecular flexibility index (Phi) is 4.11. The molecular weight excluding hydrogens is 289 g/mol. The number of benzene rings is 1. The summed E-state index contributed by atoms with van der Waals surface area (Å²) in [6.45, 7) is 0. The lowest BCUT2D eigenvalue weighted by atomic mass is 10.2. The van der Waals surface area contributed by atoms with Crippen LogP contribution in [-0.2, 0) is 0 Å². The topological polar surface area (TPSA) is 62.8 Å². The quantitative estimate of drug-likeness (QED) is 0.668. The van der Waals surface area contributed by atoms with Gasteiger partial charge in [0, 0.05) is 21.7 Å². The van der Waals surface area contributed by atoms with Crippen LogP contribution in [0.1, 0.15) is 5.56 Å². The number of nitrogen functional groups attached to an aromatic ring is 1. The van der Waals surface area contributed by atoms with E-state index in [-0.39, 0.29) is 5.84 Å². The van der Waals surface area contributed by atoms with Gasteiger partial charge < -0.3 is 5.73 Å². The van der Waals surface area contributed by atoms with E-state index in [9.17, 15) is 0 Å². The molecule has 2 aromatic rings. The number of hydrogen-bond acceptors (Lipinski definition) is 3. The molecule has 0 aliphatic heterocycles. The molecule has 1 aromatic heterocycles. The lowest BCUT2D eigenvalue weighted by molar-refractivity contribution is 1.13. The van der Waals surface area contributed by atoms with Gasteiger partial charge >= 0.3 is 0 Å². The Bertz CT molecular complexity index is 602. The Morgan fingerprint density at radius 2 is 2.06 bits per heavy atom. The fourth-order valence-electron chi connectivity index (χ4n) is 1.35. The summed E-state index contributed by atoms with van der Waals surface area (Å²) in [4.78, 5) is 4.98. The highest BCUT2D eigenvalue weighted by Gasteiger charge is 2.10. The van der Waals surface area contributed by atoms with Crippen LogP contribution in [0.4, 0.5) is 0 Å². The van der Waals surface area contributed by atoms with E-state index in [1.807, 2.05) is 0 Å². The Hall–Kier alpha value is -1.23. The predicted molar refractivity (Wildman–Crippen MR) is 75.8 cm³/mol. The smallest absolute Gasteiger partial charge is 0.123 e. The van der Waals surface area contributed by atoms with Gasteiger partial charge in [-0.1, -0.05) is 35.0 Å². The maximum Gasteiger partial charge on any atom is 0.123 e. The highest BCUT2D eigenvalue weighted by molar-refractivity contribution is 7.99. The van der Waals surface area contributed by atoms with Gasteiger partial charge in [-0.3, -0.25) is 5.41 Å². The molecule has 0 fully saturated rings. The average Bonchev–Trinajstić information content (AvgIpc) is 2.34. The van der Waals surface area contributed by atoms with Crippen LogP contribution in [0.2, 0.25) is 10.0 Å². The van der Waals surface area contributed by atoms with Crippen molar-refractivity contribution in [1.29, 1.82) is 5.41 Å².